The lowest BCUT2D eigenvalue weighted by molar-refractivity contribution is 0.100. The van der Waals surface area contributed by atoms with Gasteiger partial charge < -0.3 is 0 Å². The quantitative estimate of drug-likeness (QED) is 0.822. The fraction of sp³-hybridized carbons (Fsp3) is 0.182. The Morgan fingerprint density at radius 2 is 1.94 bits per heavy atom. The van der Waals surface area contributed by atoms with Crippen molar-refractivity contribution in [1.29, 1.82) is 0 Å². The van der Waals surface area contributed by atoms with E-state index >= 15 is 0 Å². The van der Waals surface area contributed by atoms with E-state index in [1.165, 1.54) is 4.79 Å². The van der Waals surface area contributed by atoms with Crippen molar-refractivity contribution in [2.45, 2.75) is 13.8 Å². The van der Waals surface area contributed by atoms with Gasteiger partial charge in [-0.25, -0.2) is 5.43 Å². The van der Waals surface area contributed by atoms with E-state index in [2.05, 4.69) is 15.7 Å². The van der Waals surface area contributed by atoms with Crippen LogP contribution in [0.1, 0.15) is 21.7 Å². The van der Waals surface area contributed by atoms with E-state index in [0.29, 0.717) is 5.56 Å². The fourth-order valence-electron chi connectivity index (χ4n) is 1.26. The number of rotatable bonds is 2. The van der Waals surface area contributed by atoms with Crippen LogP contribution < -0.4 is 5.43 Å². The topological polar surface area (TPSA) is 59.8 Å². The molecule has 5 heteroatoms. The fourth-order valence-corrected chi connectivity index (χ4v) is 1.26. The average molecular weight is 216 g/mol. The second kappa shape index (κ2) is 4.14. The zero-order valence-corrected chi connectivity index (χ0v) is 9.14. The van der Waals surface area contributed by atoms with Gasteiger partial charge in [-0.05, 0) is 31.2 Å². The van der Waals surface area contributed by atoms with Crippen LogP contribution in [-0.2, 0) is 0 Å². The third kappa shape index (κ3) is 1.93. The monoisotopic (exact) mass is 216 g/mol. The Balaban J connectivity index is 2.17. The van der Waals surface area contributed by atoms with Crippen molar-refractivity contribution in [3.05, 3.63) is 47.3 Å². The molecule has 0 unspecified atom stereocenters. The van der Waals surface area contributed by atoms with Gasteiger partial charge >= 0.3 is 0 Å². The highest BCUT2D eigenvalue weighted by Gasteiger charge is 2.08. The highest BCUT2D eigenvalue weighted by Crippen LogP contribution is 2.02. The molecule has 5 nitrogen and oxygen atoms in total. The number of nitrogens with one attached hydrogen (secondary N) is 1. The highest BCUT2D eigenvalue weighted by molar-refractivity contribution is 5.99. The summed E-state index contributed by atoms with van der Waals surface area (Å²) in [5.74, 6) is -0.200. The van der Waals surface area contributed by atoms with Gasteiger partial charge in [0.1, 0.15) is 0 Å². The Labute approximate surface area is 93.1 Å². The molecule has 0 saturated carbocycles. The number of aryl methyl sites for hydroxylation is 1. The lowest BCUT2D eigenvalue weighted by Crippen LogP contribution is -2.25. The third-order valence-electron chi connectivity index (χ3n) is 2.37. The molecule has 2 rings (SSSR count). The Morgan fingerprint density at radius 1 is 1.25 bits per heavy atom. The summed E-state index contributed by atoms with van der Waals surface area (Å²) in [7, 11) is 0. The van der Waals surface area contributed by atoms with Gasteiger partial charge in [-0.3, -0.25) is 4.79 Å². The van der Waals surface area contributed by atoms with E-state index in [4.69, 9.17) is 0 Å². The third-order valence-corrected chi connectivity index (χ3v) is 2.37. The molecule has 1 heterocycles. The van der Waals surface area contributed by atoms with E-state index < -0.39 is 0 Å². The first-order valence-electron chi connectivity index (χ1n) is 4.94. The number of aromatic nitrogens is 3. The maximum Gasteiger partial charge on any atom is 0.271 e. The van der Waals surface area contributed by atoms with Gasteiger partial charge in [-0.2, -0.15) is 4.79 Å². The number of nitrogens with zero attached hydrogens (tertiary/aromatic N) is 3. The number of carbonyl (C=O) groups excluding carboxylic acids is 1. The first-order chi connectivity index (χ1) is 7.68. The minimum absolute atomic E-state index is 0.200. The van der Waals surface area contributed by atoms with Gasteiger partial charge in [0.05, 0.1) is 11.4 Å². The SMILES string of the molecule is Cc1nnn(NC(=O)c2ccccc2)c1C. The highest BCUT2D eigenvalue weighted by atomic mass is 16.2. The Morgan fingerprint density at radius 3 is 2.50 bits per heavy atom. The van der Waals surface area contributed by atoms with E-state index in [1.54, 1.807) is 12.1 Å². The summed E-state index contributed by atoms with van der Waals surface area (Å²) < 4.78 is 0. The second-order valence-electron chi connectivity index (χ2n) is 3.48. The standard InChI is InChI=1S/C11H12N4O/c1-8-9(2)15(14-12-8)13-11(16)10-6-4-3-5-7-10/h3-7H,1-2H3,(H,13,16). The normalized spacial score (nSPS) is 10.1. The number of hydrogen-bond donors (Lipinski definition) is 1. The molecule has 1 N–H and O–H groups in total. The van der Waals surface area contributed by atoms with Crippen molar-refractivity contribution in [2.24, 2.45) is 0 Å². The molecule has 82 valence electrons. The van der Waals surface area contributed by atoms with Gasteiger partial charge in [-0.15, -0.1) is 5.10 Å². The molecule has 0 aliphatic rings. The molecule has 0 aliphatic carbocycles. The van der Waals surface area contributed by atoms with E-state index in [-0.39, 0.29) is 5.91 Å². The van der Waals surface area contributed by atoms with Crippen molar-refractivity contribution in [1.82, 2.24) is 15.1 Å². The van der Waals surface area contributed by atoms with Gasteiger partial charge in [0.25, 0.3) is 5.91 Å². The van der Waals surface area contributed by atoms with E-state index in [0.717, 1.165) is 11.4 Å². The molecule has 0 bridgehead atoms. The van der Waals surface area contributed by atoms with Crippen LogP contribution in [0.25, 0.3) is 0 Å². The largest absolute Gasteiger partial charge is 0.271 e. The first kappa shape index (κ1) is 10.4. The summed E-state index contributed by atoms with van der Waals surface area (Å²) in [4.78, 5) is 13.2. The molecule has 0 fully saturated rings. The van der Waals surface area contributed by atoms with Crippen LogP contribution in [-0.4, -0.2) is 21.0 Å². The van der Waals surface area contributed by atoms with Gasteiger partial charge in [-0.1, -0.05) is 18.2 Å². The maximum absolute atomic E-state index is 11.8. The summed E-state index contributed by atoms with van der Waals surface area (Å²) in [5, 5.41) is 7.68. The van der Waals surface area contributed by atoms with Gasteiger partial charge in [0.15, 0.2) is 0 Å². The van der Waals surface area contributed by atoms with Gasteiger partial charge in [0.2, 0.25) is 0 Å². The van der Waals surface area contributed by atoms with Crippen LogP contribution in [0, 0.1) is 13.8 Å². The van der Waals surface area contributed by atoms with E-state index in [1.807, 2.05) is 32.0 Å². The van der Waals surface area contributed by atoms with Crippen LogP contribution in [0.5, 0.6) is 0 Å². The summed E-state index contributed by atoms with van der Waals surface area (Å²) in [6, 6.07) is 8.98. The minimum atomic E-state index is -0.200. The summed E-state index contributed by atoms with van der Waals surface area (Å²) in [5.41, 5.74) is 4.87. The molecule has 0 saturated heterocycles. The molecule has 0 spiro atoms. The first-order valence-corrected chi connectivity index (χ1v) is 4.94. The Hall–Kier alpha value is -2.17. The van der Waals surface area contributed by atoms with Crippen LogP contribution in [0.4, 0.5) is 0 Å². The lowest BCUT2D eigenvalue weighted by atomic mass is 10.2. The average Bonchev–Trinajstić information content (AvgIpc) is 2.62. The number of hydrogen-bond acceptors (Lipinski definition) is 3. The maximum atomic E-state index is 11.8. The van der Waals surface area contributed by atoms with E-state index in [9.17, 15) is 4.79 Å². The Bertz CT molecular complexity index is 504. The van der Waals surface area contributed by atoms with Crippen molar-refractivity contribution in [3.8, 4) is 0 Å². The van der Waals surface area contributed by atoms with Gasteiger partial charge in [0, 0.05) is 5.56 Å². The van der Waals surface area contributed by atoms with Crippen LogP contribution >= 0.6 is 0 Å². The predicted octanol–water partition coefficient (Wildman–Crippen LogP) is 1.28. The van der Waals surface area contributed by atoms with Crippen molar-refractivity contribution in [3.63, 3.8) is 0 Å². The molecule has 1 aromatic carbocycles. The van der Waals surface area contributed by atoms with Crippen LogP contribution in [0.2, 0.25) is 0 Å². The Kier molecular flexibility index (Phi) is 2.68. The van der Waals surface area contributed by atoms with Crippen molar-refractivity contribution in [2.75, 3.05) is 5.43 Å². The van der Waals surface area contributed by atoms with Crippen molar-refractivity contribution >= 4 is 5.91 Å². The molecule has 0 atom stereocenters. The molecule has 16 heavy (non-hydrogen) atoms. The summed E-state index contributed by atoms with van der Waals surface area (Å²) in [6.07, 6.45) is 0. The lowest BCUT2D eigenvalue weighted by Gasteiger charge is -2.05. The minimum Gasteiger partial charge on any atom is -0.267 e. The molecule has 1 amide bonds. The zero-order valence-electron chi connectivity index (χ0n) is 9.14. The smallest absolute Gasteiger partial charge is 0.267 e. The van der Waals surface area contributed by atoms with Crippen LogP contribution in [0.15, 0.2) is 30.3 Å². The molecule has 2 aromatic rings. The predicted molar refractivity (Wildman–Crippen MR) is 59.6 cm³/mol. The molecule has 0 aliphatic heterocycles. The number of amides is 1. The van der Waals surface area contributed by atoms with Crippen molar-refractivity contribution < 1.29 is 4.79 Å². The molecular formula is C11H12N4O. The number of carbonyl (C=O) groups is 1. The summed E-state index contributed by atoms with van der Waals surface area (Å²) in [6.45, 7) is 3.69. The van der Waals surface area contributed by atoms with Crippen LogP contribution in [0.3, 0.4) is 0 Å². The molecular weight excluding hydrogens is 204 g/mol. The summed E-state index contributed by atoms with van der Waals surface area (Å²) >= 11 is 0. The second-order valence-corrected chi connectivity index (χ2v) is 3.48. The molecule has 1 aromatic heterocycles. The zero-order chi connectivity index (χ0) is 11.5. The molecule has 0 radical (unpaired) electrons. The number of benzene rings is 1.